The topological polar surface area (TPSA) is 17.1 Å². The van der Waals surface area contributed by atoms with Gasteiger partial charge in [0.2, 0.25) is 5.70 Å². The van der Waals surface area contributed by atoms with Gasteiger partial charge in [0.15, 0.2) is 0 Å². The Morgan fingerprint density at radius 3 is 2.56 bits per heavy atom. The third kappa shape index (κ3) is 8.87. The van der Waals surface area contributed by atoms with Gasteiger partial charge in [0, 0.05) is 12.4 Å². The largest absolute Gasteiger partial charge is 0.295 e. The van der Waals surface area contributed by atoms with Gasteiger partial charge in [-0.05, 0) is 17.7 Å². The van der Waals surface area contributed by atoms with Crippen molar-refractivity contribution in [3.8, 4) is 0 Å². The summed E-state index contributed by atoms with van der Waals surface area (Å²) in [6, 6.07) is 0. The molecule has 4 heteroatoms. The van der Waals surface area contributed by atoms with Gasteiger partial charge in [-0.1, -0.05) is 24.7 Å². The molecule has 0 aromatic heterocycles. The summed E-state index contributed by atoms with van der Waals surface area (Å²) in [6.07, 6.45) is 2.25. The molecule has 0 fully saturated rings. The zero-order valence-corrected chi connectivity index (χ0v) is 8.23. The summed E-state index contributed by atoms with van der Waals surface area (Å²) in [5.41, 5.74) is -2.31. The molecule has 1 nitrogen and oxygen atoms in total. The Morgan fingerprint density at radius 2 is 2.22 bits per heavy atom. The molecule has 0 saturated carbocycles. The summed E-state index contributed by atoms with van der Waals surface area (Å²) in [6.45, 7) is 3.70. The molecule has 0 heterocycles. The molecule has 0 spiro atoms. The van der Waals surface area contributed by atoms with Crippen LogP contribution >= 0.6 is 28.3 Å². The summed E-state index contributed by atoms with van der Waals surface area (Å²) in [7, 11) is 0. The lowest BCUT2D eigenvalue weighted by atomic mass is 10.4. The molecule has 1 atom stereocenters. The molecule has 0 amide bonds. The second-order valence-electron chi connectivity index (χ2n) is 1.93. The zero-order chi connectivity index (χ0) is 7.33. The van der Waals surface area contributed by atoms with Crippen molar-refractivity contribution in [3.05, 3.63) is 0 Å². The van der Waals surface area contributed by atoms with Gasteiger partial charge in [-0.2, -0.15) is 0 Å². The average molecular weight is 187 g/mol. The van der Waals surface area contributed by atoms with Gasteiger partial charge in [0.25, 0.3) is 0 Å². The SMILES string of the molecule is CCCCSP(C)(=O)Cl. The molecule has 0 bridgehead atoms. The molecule has 0 aliphatic carbocycles. The fraction of sp³-hybridized carbons (Fsp3) is 1.00. The van der Waals surface area contributed by atoms with Crippen LogP contribution in [0.5, 0.6) is 0 Å². The maximum absolute atomic E-state index is 10.8. The second kappa shape index (κ2) is 4.65. The first-order valence-corrected chi connectivity index (χ1v) is 7.63. The predicted molar refractivity (Wildman–Crippen MR) is 46.7 cm³/mol. The van der Waals surface area contributed by atoms with Gasteiger partial charge in [-0.15, -0.1) is 0 Å². The fourth-order valence-electron chi connectivity index (χ4n) is 0.372. The monoisotopic (exact) mass is 186 g/mol. The van der Waals surface area contributed by atoms with Crippen molar-refractivity contribution >= 4 is 28.3 Å². The van der Waals surface area contributed by atoms with Gasteiger partial charge < -0.3 is 0 Å². The normalized spacial score (nSPS) is 17.2. The molecule has 0 aromatic carbocycles. The molecule has 0 N–H and O–H groups in total. The number of unbranched alkanes of at least 4 members (excludes halogenated alkanes) is 1. The number of rotatable bonds is 4. The lowest BCUT2D eigenvalue weighted by Gasteiger charge is -2.00. The minimum Gasteiger partial charge on any atom is -0.295 e. The maximum atomic E-state index is 10.8. The van der Waals surface area contributed by atoms with Gasteiger partial charge in [-0.25, -0.2) is 0 Å². The Labute approximate surface area is 65.5 Å². The van der Waals surface area contributed by atoms with Crippen molar-refractivity contribution < 1.29 is 4.57 Å². The van der Waals surface area contributed by atoms with E-state index >= 15 is 0 Å². The smallest absolute Gasteiger partial charge is 0.218 e. The quantitative estimate of drug-likeness (QED) is 0.493. The summed E-state index contributed by atoms with van der Waals surface area (Å²) >= 11 is 6.87. The highest BCUT2D eigenvalue weighted by Crippen LogP contribution is 2.59. The van der Waals surface area contributed by atoms with Crippen molar-refractivity contribution in [1.29, 1.82) is 0 Å². The Morgan fingerprint density at radius 1 is 1.67 bits per heavy atom. The number of halogens is 1. The Hall–Kier alpha value is 0.870. The van der Waals surface area contributed by atoms with E-state index < -0.39 is 5.70 Å². The van der Waals surface area contributed by atoms with E-state index in [0.29, 0.717) is 0 Å². The van der Waals surface area contributed by atoms with Crippen LogP contribution in [0.4, 0.5) is 0 Å². The van der Waals surface area contributed by atoms with Gasteiger partial charge >= 0.3 is 0 Å². The Balaban J connectivity index is 3.18. The standard InChI is InChI=1S/C5H12ClOPS/c1-3-4-5-9-8(2,6)7/h3-5H2,1-2H3. The van der Waals surface area contributed by atoms with E-state index in [4.69, 9.17) is 11.2 Å². The van der Waals surface area contributed by atoms with Crippen LogP contribution in [0.3, 0.4) is 0 Å². The second-order valence-corrected chi connectivity index (χ2v) is 9.50. The summed E-state index contributed by atoms with van der Waals surface area (Å²) < 4.78 is 10.8. The predicted octanol–water partition coefficient (Wildman–Crippen LogP) is 3.58. The first-order chi connectivity index (χ1) is 4.06. The molecule has 1 unspecified atom stereocenters. The van der Waals surface area contributed by atoms with Crippen LogP contribution in [-0.4, -0.2) is 12.4 Å². The highest BCUT2D eigenvalue weighted by molar-refractivity contribution is 8.65. The van der Waals surface area contributed by atoms with Gasteiger partial charge in [0.05, 0.1) is 0 Å². The van der Waals surface area contributed by atoms with Crippen LogP contribution in [0.2, 0.25) is 0 Å². The van der Waals surface area contributed by atoms with Crippen molar-refractivity contribution in [2.45, 2.75) is 19.8 Å². The van der Waals surface area contributed by atoms with E-state index in [0.717, 1.165) is 18.6 Å². The highest BCUT2D eigenvalue weighted by Gasteiger charge is 2.08. The van der Waals surface area contributed by atoms with E-state index in [9.17, 15) is 4.57 Å². The van der Waals surface area contributed by atoms with Crippen LogP contribution in [0.1, 0.15) is 19.8 Å². The van der Waals surface area contributed by atoms with Crippen LogP contribution in [0.25, 0.3) is 0 Å². The van der Waals surface area contributed by atoms with Gasteiger partial charge in [0.1, 0.15) is 0 Å². The first kappa shape index (κ1) is 9.87. The van der Waals surface area contributed by atoms with Crippen LogP contribution in [0, 0.1) is 0 Å². The minimum absolute atomic E-state index is 0.924. The summed E-state index contributed by atoms with van der Waals surface area (Å²) in [5.74, 6) is 0.924. The summed E-state index contributed by atoms with van der Waals surface area (Å²) in [5, 5.41) is 0. The molecule has 0 aliphatic rings. The number of hydrogen-bond donors (Lipinski definition) is 0. The zero-order valence-electron chi connectivity index (χ0n) is 5.76. The maximum Gasteiger partial charge on any atom is 0.218 e. The first-order valence-electron chi connectivity index (χ1n) is 2.98. The highest BCUT2D eigenvalue weighted by atomic mass is 35.7. The molecule has 0 rings (SSSR count). The van der Waals surface area contributed by atoms with Crippen molar-refractivity contribution in [1.82, 2.24) is 0 Å². The van der Waals surface area contributed by atoms with Crippen molar-refractivity contribution in [3.63, 3.8) is 0 Å². The van der Waals surface area contributed by atoms with E-state index in [1.165, 1.54) is 11.4 Å². The van der Waals surface area contributed by atoms with Crippen molar-refractivity contribution in [2.75, 3.05) is 12.4 Å². The van der Waals surface area contributed by atoms with E-state index in [1.54, 1.807) is 6.66 Å². The van der Waals surface area contributed by atoms with E-state index in [-0.39, 0.29) is 0 Å². The number of hydrogen-bond acceptors (Lipinski definition) is 2. The molecule has 0 radical (unpaired) electrons. The molecule has 56 valence electrons. The van der Waals surface area contributed by atoms with Gasteiger partial charge in [-0.3, -0.25) is 4.57 Å². The van der Waals surface area contributed by atoms with E-state index in [2.05, 4.69) is 6.92 Å². The molecule has 0 aliphatic heterocycles. The van der Waals surface area contributed by atoms with Crippen LogP contribution in [0.15, 0.2) is 0 Å². The Kier molecular flexibility index (Phi) is 5.10. The van der Waals surface area contributed by atoms with Crippen molar-refractivity contribution in [2.24, 2.45) is 0 Å². The molecular formula is C5H12ClOPS. The lowest BCUT2D eigenvalue weighted by molar-refractivity contribution is 0.596. The fourth-order valence-corrected chi connectivity index (χ4v) is 3.10. The summed E-state index contributed by atoms with van der Waals surface area (Å²) in [4.78, 5) is 0. The third-order valence-electron chi connectivity index (χ3n) is 0.820. The molecular weight excluding hydrogens is 175 g/mol. The third-order valence-corrected chi connectivity index (χ3v) is 4.56. The van der Waals surface area contributed by atoms with Crippen LogP contribution < -0.4 is 0 Å². The lowest BCUT2D eigenvalue weighted by Crippen LogP contribution is -1.73. The molecule has 0 saturated heterocycles. The molecule has 9 heavy (non-hydrogen) atoms. The Bertz CT molecular complexity index is 112. The average Bonchev–Trinajstić information content (AvgIpc) is 1.63. The van der Waals surface area contributed by atoms with E-state index in [1.807, 2.05) is 0 Å². The molecule has 0 aromatic rings. The minimum atomic E-state index is -2.31. The van der Waals surface area contributed by atoms with Crippen LogP contribution in [-0.2, 0) is 4.57 Å².